The molecule has 0 amide bonds. The molecule has 5 unspecified atom stereocenters. The minimum Gasteiger partial charge on any atom is -0.329 e. The van der Waals surface area contributed by atoms with Gasteiger partial charge in [0.05, 0.1) is 0 Å². The first-order valence-corrected chi connectivity index (χ1v) is 9.11. The number of rotatable bonds is 5. The van der Waals surface area contributed by atoms with Gasteiger partial charge in [0.2, 0.25) is 0 Å². The molecule has 2 heteroatoms. The van der Waals surface area contributed by atoms with Crippen molar-refractivity contribution < 1.29 is 0 Å². The van der Waals surface area contributed by atoms with Crippen molar-refractivity contribution in [2.75, 3.05) is 20.1 Å². The van der Waals surface area contributed by atoms with Crippen molar-refractivity contribution >= 4 is 0 Å². The zero-order chi connectivity index (χ0) is 14.2. The van der Waals surface area contributed by atoms with Gasteiger partial charge in [0, 0.05) is 18.6 Å². The molecule has 3 aliphatic carbocycles. The molecule has 0 aromatic rings. The Balaban J connectivity index is 1.68. The lowest BCUT2D eigenvalue weighted by molar-refractivity contribution is 0.00746. The Kier molecular flexibility index (Phi) is 4.42. The van der Waals surface area contributed by atoms with E-state index in [-0.39, 0.29) is 0 Å². The first kappa shape index (κ1) is 14.8. The standard InChI is InChI=1S/C18H34N2/c1-3-17-6-4-5-9-18(17,13-19)20(2)12-16-11-14-7-8-15(16)10-14/h14-17H,3-13,19H2,1-2H3. The third-order valence-corrected chi connectivity index (χ3v) is 7.17. The summed E-state index contributed by atoms with van der Waals surface area (Å²) in [7, 11) is 2.38. The van der Waals surface area contributed by atoms with Crippen LogP contribution < -0.4 is 5.73 Å². The van der Waals surface area contributed by atoms with E-state index in [2.05, 4.69) is 18.9 Å². The van der Waals surface area contributed by atoms with E-state index in [0.29, 0.717) is 5.54 Å². The fourth-order valence-corrected chi connectivity index (χ4v) is 5.94. The molecule has 20 heavy (non-hydrogen) atoms. The van der Waals surface area contributed by atoms with Crippen LogP contribution in [0.2, 0.25) is 0 Å². The Hall–Kier alpha value is -0.0800. The van der Waals surface area contributed by atoms with Crippen LogP contribution in [0.4, 0.5) is 0 Å². The van der Waals surface area contributed by atoms with Crippen molar-refractivity contribution in [1.82, 2.24) is 4.90 Å². The molecule has 116 valence electrons. The van der Waals surface area contributed by atoms with E-state index in [1.165, 1.54) is 64.3 Å². The largest absolute Gasteiger partial charge is 0.329 e. The summed E-state index contributed by atoms with van der Waals surface area (Å²) in [6.07, 6.45) is 12.9. The number of nitrogens with two attached hydrogens (primary N) is 1. The zero-order valence-electron chi connectivity index (χ0n) is 13.6. The predicted molar refractivity (Wildman–Crippen MR) is 85.6 cm³/mol. The quantitative estimate of drug-likeness (QED) is 0.831. The van der Waals surface area contributed by atoms with Gasteiger partial charge >= 0.3 is 0 Å². The molecule has 0 aliphatic heterocycles. The molecule has 5 atom stereocenters. The van der Waals surface area contributed by atoms with E-state index >= 15 is 0 Å². The van der Waals surface area contributed by atoms with Crippen LogP contribution in [0.1, 0.15) is 64.7 Å². The molecule has 0 aromatic carbocycles. The van der Waals surface area contributed by atoms with E-state index in [1.54, 1.807) is 0 Å². The number of fused-ring (bicyclic) bond motifs is 2. The van der Waals surface area contributed by atoms with Crippen LogP contribution in [0, 0.1) is 23.7 Å². The number of likely N-dealkylation sites (N-methyl/N-ethyl adjacent to an activating group) is 1. The topological polar surface area (TPSA) is 29.3 Å². The lowest BCUT2D eigenvalue weighted by Gasteiger charge is -2.51. The van der Waals surface area contributed by atoms with Crippen LogP contribution >= 0.6 is 0 Å². The molecule has 0 aromatic heterocycles. The number of hydrogen-bond donors (Lipinski definition) is 1. The van der Waals surface area contributed by atoms with Gasteiger partial charge in [-0.05, 0) is 62.8 Å². The maximum Gasteiger partial charge on any atom is 0.0356 e. The maximum absolute atomic E-state index is 6.31. The van der Waals surface area contributed by atoms with E-state index < -0.39 is 0 Å². The van der Waals surface area contributed by atoms with Crippen molar-refractivity contribution in [2.24, 2.45) is 29.4 Å². The highest BCUT2D eigenvalue weighted by Gasteiger charge is 2.45. The van der Waals surface area contributed by atoms with E-state index in [1.807, 2.05) is 0 Å². The Bertz CT molecular complexity index is 329. The molecule has 0 heterocycles. The van der Waals surface area contributed by atoms with Crippen molar-refractivity contribution in [2.45, 2.75) is 70.3 Å². The molecule has 0 saturated heterocycles. The Morgan fingerprint density at radius 2 is 2.00 bits per heavy atom. The van der Waals surface area contributed by atoms with Crippen LogP contribution in [0.15, 0.2) is 0 Å². The molecule has 0 spiro atoms. The summed E-state index contributed by atoms with van der Waals surface area (Å²) in [6, 6.07) is 0. The minimum atomic E-state index is 0.314. The summed E-state index contributed by atoms with van der Waals surface area (Å²) in [4.78, 5) is 2.71. The minimum absolute atomic E-state index is 0.314. The smallest absolute Gasteiger partial charge is 0.0356 e. The van der Waals surface area contributed by atoms with E-state index in [9.17, 15) is 0 Å². The summed E-state index contributed by atoms with van der Waals surface area (Å²) < 4.78 is 0. The summed E-state index contributed by atoms with van der Waals surface area (Å²) in [5.41, 5.74) is 6.63. The second-order valence-electron chi connectivity index (χ2n) is 7.97. The third kappa shape index (κ3) is 2.43. The highest BCUT2D eigenvalue weighted by Crippen LogP contribution is 2.49. The normalized spacial score (nSPS) is 44.4. The molecule has 3 saturated carbocycles. The summed E-state index contributed by atoms with van der Waals surface area (Å²) in [6.45, 7) is 4.55. The molecule has 3 aliphatic rings. The van der Waals surface area contributed by atoms with Crippen molar-refractivity contribution in [3.05, 3.63) is 0 Å². The molecule has 2 N–H and O–H groups in total. The SMILES string of the molecule is CCC1CCCCC1(CN)N(C)CC1CC2CCC1C2. The lowest BCUT2D eigenvalue weighted by Crippen LogP contribution is -2.59. The average Bonchev–Trinajstić information content (AvgIpc) is 3.09. The Morgan fingerprint density at radius 3 is 2.60 bits per heavy atom. The second-order valence-corrected chi connectivity index (χ2v) is 7.97. The van der Waals surface area contributed by atoms with Gasteiger partial charge in [0.25, 0.3) is 0 Å². The maximum atomic E-state index is 6.31. The fraction of sp³-hybridized carbons (Fsp3) is 1.00. The van der Waals surface area contributed by atoms with Crippen molar-refractivity contribution in [3.8, 4) is 0 Å². The van der Waals surface area contributed by atoms with E-state index in [0.717, 1.165) is 30.2 Å². The Morgan fingerprint density at radius 1 is 1.15 bits per heavy atom. The number of hydrogen-bond acceptors (Lipinski definition) is 2. The van der Waals surface area contributed by atoms with Crippen LogP contribution in [0.5, 0.6) is 0 Å². The molecule has 0 radical (unpaired) electrons. The Labute approximate surface area is 125 Å². The third-order valence-electron chi connectivity index (χ3n) is 7.17. The van der Waals surface area contributed by atoms with Gasteiger partial charge in [-0.15, -0.1) is 0 Å². The number of nitrogens with zero attached hydrogens (tertiary/aromatic N) is 1. The molecular weight excluding hydrogens is 244 g/mol. The first-order valence-electron chi connectivity index (χ1n) is 9.11. The second kappa shape index (κ2) is 5.96. The molecule has 3 fully saturated rings. The zero-order valence-corrected chi connectivity index (χ0v) is 13.6. The lowest BCUT2D eigenvalue weighted by atomic mass is 9.70. The van der Waals surface area contributed by atoms with Gasteiger partial charge in [-0.3, -0.25) is 4.90 Å². The monoisotopic (exact) mass is 278 g/mol. The fourth-order valence-electron chi connectivity index (χ4n) is 5.94. The average molecular weight is 278 g/mol. The summed E-state index contributed by atoms with van der Waals surface area (Å²) in [5, 5.41) is 0. The van der Waals surface area contributed by atoms with Crippen LogP contribution in [0.25, 0.3) is 0 Å². The molecule has 2 bridgehead atoms. The van der Waals surface area contributed by atoms with Crippen molar-refractivity contribution in [1.29, 1.82) is 0 Å². The molecular formula is C18H34N2. The van der Waals surface area contributed by atoms with Crippen LogP contribution in [-0.2, 0) is 0 Å². The van der Waals surface area contributed by atoms with Crippen molar-refractivity contribution in [3.63, 3.8) is 0 Å². The molecule has 3 rings (SSSR count). The van der Waals surface area contributed by atoms with Gasteiger partial charge < -0.3 is 5.73 Å². The first-order chi connectivity index (χ1) is 9.69. The highest BCUT2D eigenvalue weighted by atomic mass is 15.2. The van der Waals surface area contributed by atoms with Gasteiger partial charge in [0.1, 0.15) is 0 Å². The van der Waals surface area contributed by atoms with Gasteiger partial charge in [-0.1, -0.05) is 32.6 Å². The van der Waals surface area contributed by atoms with Crippen LogP contribution in [-0.4, -0.2) is 30.6 Å². The van der Waals surface area contributed by atoms with Gasteiger partial charge in [-0.25, -0.2) is 0 Å². The predicted octanol–water partition coefficient (Wildman–Crippen LogP) is 3.65. The highest BCUT2D eigenvalue weighted by molar-refractivity contribution is 5.00. The van der Waals surface area contributed by atoms with Crippen LogP contribution in [0.3, 0.4) is 0 Å². The summed E-state index contributed by atoms with van der Waals surface area (Å²) in [5.74, 6) is 3.91. The summed E-state index contributed by atoms with van der Waals surface area (Å²) >= 11 is 0. The van der Waals surface area contributed by atoms with Gasteiger partial charge in [0.15, 0.2) is 0 Å². The van der Waals surface area contributed by atoms with E-state index in [4.69, 9.17) is 5.73 Å². The molecule has 2 nitrogen and oxygen atoms in total. The van der Waals surface area contributed by atoms with Gasteiger partial charge in [-0.2, -0.15) is 0 Å².